The Morgan fingerprint density at radius 1 is 1.32 bits per heavy atom. The molecule has 28 heavy (non-hydrogen) atoms. The minimum absolute atomic E-state index is 0. The fourth-order valence-electron chi connectivity index (χ4n) is 3.12. The molecule has 1 aromatic carbocycles. The van der Waals surface area contributed by atoms with Crippen LogP contribution in [0.3, 0.4) is 0 Å². The highest BCUT2D eigenvalue weighted by atomic mass is 127. The maximum absolute atomic E-state index is 13.5. The summed E-state index contributed by atoms with van der Waals surface area (Å²) in [7, 11) is 1.75. The molecule has 0 radical (unpaired) electrons. The van der Waals surface area contributed by atoms with E-state index in [-0.39, 0.29) is 29.8 Å². The fourth-order valence-corrected chi connectivity index (χ4v) is 3.12. The lowest BCUT2D eigenvalue weighted by Gasteiger charge is -2.14. The molecule has 0 aliphatic carbocycles. The highest BCUT2D eigenvalue weighted by Gasteiger charge is 2.07. The average molecular weight is 498 g/mol. The van der Waals surface area contributed by atoms with Crippen LogP contribution in [0.5, 0.6) is 0 Å². The molecular weight excluding hydrogens is 470 g/mol. The van der Waals surface area contributed by atoms with Crippen LogP contribution in [0.1, 0.15) is 25.2 Å². The van der Waals surface area contributed by atoms with Gasteiger partial charge in [-0.3, -0.25) is 4.99 Å². The van der Waals surface area contributed by atoms with E-state index in [0.29, 0.717) is 19.0 Å². The van der Waals surface area contributed by atoms with Gasteiger partial charge in [-0.2, -0.15) is 0 Å². The third-order valence-electron chi connectivity index (χ3n) is 4.42. The zero-order chi connectivity index (χ0) is 19.2. The fraction of sp³-hybridized carbons (Fsp3) is 0.400. The number of benzene rings is 1. The van der Waals surface area contributed by atoms with Gasteiger partial charge >= 0.3 is 0 Å². The van der Waals surface area contributed by atoms with Crippen LogP contribution >= 0.6 is 24.0 Å². The van der Waals surface area contributed by atoms with Crippen LogP contribution in [0.4, 0.5) is 4.39 Å². The van der Waals surface area contributed by atoms with E-state index < -0.39 is 0 Å². The van der Waals surface area contributed by atoms with E-state index in [1.807, 2.05) is 18.6 Å². The van der Waals surface area contributed by atoms with Gasteiger partial charge in [0.2, 0.25) is 0 Å². The van der Waals surface area contributed by atoms with Crippen molar-refractivity contribution in [3.05, 3.63) is 54.0 Å². The van der Waals surface area contributed by atoms with Gasteiger partial charge in [0, 0.05) is 49.6 Å². The Kier molecular flexibility index (Phi) is 8.28. The standard InChI is InChI=1S/C20H27FN6.HI/c1-14(2)13-27-9-8-23-19(27)12-26-20(22-3)24-7-6-15-11-25-18-5-4-16(21)10-17(15)18;/h4-5,8-11,14,25H,6-7,12-13H2,1-3H3,(H2,22,24,26);1H. The summed E-state index contributed by atoms with van der Waals surface area (Å²) in [4.78, 5) is 11.9. The van der Waals surface area contributed by atoms with E-state index in [2.05, 4.69) is 44.0 Å². The summed E-state index contributed by atoms with van der Waals surface area (Å²) in [5.74, 6) is 2.06. The molecule has 0 aliphatic heterocycles. The van der Waals surface area contributed by atoms with Crippen LogP contribution in [0.25, 0.3) is 10.9 Å². The summed E-state index contributed by atoms with van der Waals surface area (Å²) in [5, 5.41) is 7.53. The van der Waals surface area contributed by atoms with Crippen LogP contribution in [0.2, 0.25) is 0 Å². The van der Waals surface area contributed by atoms with Crippen LogP contribution in [0, 0.1) is 11.7 Å². The van der Waals surface area contributed by atoms with Crippen molar-refractivity contribution in [1.29, 1.82) is 0 Å². The van der Waals surface area contributed by atoms with Gasteiger partial charge in [-0.05, 0) is 36.1 Å². The number of nitrogens with zero attached hydrogens (tertiary/aromatic N) is 3. The molecule has 3 rings (SSSR count). The van der Waals surface area contributed by atoms with E-state index >= 15 is 0 Å². The molecule has 8 heteroatoms. The zero-order valence-electron chi connectivity index (χ0n) is 16.5. The van der Waals surface area contributed by atoms with Crippen molar-refractivity contribution in [3.63, 3.8) is 0 Å². The smallest absolute Gasteiger partial charge is 0.191 e. The predicted octanol–water partition coefficient (Wildman–Crippen LogP) is 3.69. The molecule has 0 aliphatic rings. The third kappa shape index (κ3) is 5.70. The third-order valence-corrected chi connectivity index (χ3v) is 4.42. The Labute approximate surface area is 182 Å². The van der Waals surface area contributed by atoms with Gasteiger partial charge < -0.3 is 20.2 Å². The molecule has 152 valence electrons. The topological polar surface area (TPSA) is 70.0 Å². The number of aromatic nitrogens is 3. The van der Waals surface area contributed by atoms with Crippen molar-refractivity contribution in [2.45, 2.75) is 33.4 Å². The number of rotatable bonds is 7. The molecular formula is C20H28FIN6. The Morgan fingerprint density at radius 2 is 2.14 bits per heavy atom. The average Bonchev–Trinajstić information content (AvgIpc) is 3.24. The number of imidazole rings is 1. The minimum atomic E-state index is -0.217. The Balaban J connectivity index is 0.00000280. The number of guanidine groups is 1. The first-order valence-electron chi connectivity index (χ1n) is 9.27. The summed E-state index contributed by atoms with van der Waals surface area (Å²) in [6.45, 7) is 6.63. The van der Waals surface area contributed by atoms with Crippen molar-refractivity contribution in [2.24, 2.45) is 10.9 Å². The summed E-state index contributed by atoms with van der Waals surface area (Å²) >= 11 is 0. The van der Waals surface area contributed by atoms with Gasteiger partial charge in [0.15, 0.2) is 5.96 Å². The number of hydrogen-bond acceptors (Lipinski definition) is 2. The summed E-state index contributed by atoms with van der Waals surface area (Å²) in [6, 6.07) is 4.81. The lowest BCUT2D eigenvalue weighted by atomic mass is 10.1. The van der Waals surface area contributed by atoms with Crippen LogP contribution in [0.15, 0.2) is 41.8 Å². The molecule has 0 atom stereocenters. The summed E-state index contributed by atoms with van der Waals surface area (Å²) in [6.07, 6.45) is 6.53. The molecule has 3 aromatic rings. The SMILES string of the molecule is CN=C(NCCc1c[nH]c2ccc(F)cc12)NCc1nccn1CC(C)C.I. The van der Waals surface area contributed by atoms with Crippen molar-refractivity contribution >= 4 is 40.8 Å². The largest absolute Gasteiger partial charge is 0.361 e. The molecule has 0 fully saturated rings. The highest BCUT2D eigenvalue weighted by Crippen LogP contribution is 2.19. The molecule has 0 unspecified atom stereocenters. The minimum Gasteiger partial charge on any atom is -0.361 e. The summed E-state index contributed by atoms with van der Waals surface area (Å²) in [5.41, 5.74) is 2.03. The second kappa shape index (κ2) is 10.4. The Morgan fingerprint density at radius 3 is 2.89 bits per heavy atom. The second-order valence-electron chi connectivity index (χ2n) is 7.00. The van der Waals surface area contributed by atoms with Crippen LogP contribution in [-0.4, -0.2) is 34.1 Å². The van der Waals surface area contributed by atoms with Gasteiger partial charge in [-0.15, -0.1) is 24.0 Å². The van der Waals surface area contributed by atoms with Crippen molar-refractivity contribution in [2.75, 3.05) is 13.6 Å². The molecule has 0 bridgehead atoms. The maximum atomic E-state index is 13.5. The van der Waals surface area contributed by atoms with Crippen molar-refractivity contribution < 1.29 is 4.39 Å². The second-order valence-corrected chi connectivity index (χ2v) is 7.00. The van der Waals surface area contributed by atoms with Crippen molar-refractivity contribution in [1.82, 2.24) is 25.2 Å². The summed E-state index contributed by atoms with van der Waals surface area (Å²) < 4.78 is 15.6. The first-order valence-corrected chi connectivity index (χ1v) is 9.27. The van der Waals surface area contributed by atoms with Gasteiger partial charge in [-0.1, -0.05) is 13.8 Å². The zero-order valence-corrected chi connectivity index (χ0v) is 18.8. The lowest BCUT2D eigenvalue weighted by molar-refractivity contribution is 0.503. The molecule has 0 saturated heterocycles. The van der Waals surface area contributed by atoms with E-state index in [0.717, 1.165) is 41.2 Å². The monoisotopic (exact) mass is 498 g/mol. The molecule has 2 aromatic heterocycles. The lowest BCUT2D eigenvalue weighted by Crippen LogP contribution is -2.38. The number of aromatic amines is 1. The number of halogens is 2. The normalized spacial score (nSPS) is 11.7. The Bertz CT molecular complexity index is 914. The van der Waals surface area contributed by atoms with Gasteiger partial charge in [0.1, 0.15) is 11.6 Å². The highest BCUT2D eigenvalue weighted by molar-refractivity contribution is 14.0. The molecule has 0 saturated carbocycles. The number of hydrogen-bond donors (Lipinski definition) is 3. The number of fused-ring (bicyclic) bond motifs is 1. The predicted molar refractivity (Wildman–Crippen MR) is 123 cm³/mol. The van der Waals surface area contributed by atoms with E-state index in [4.69, 9.17) is 0 Å². The van der Waals surface area contributed by atoms with Gasteiger partial charge in [-0.25, -0.2) is 9.37 Å². The van der Waals surface area contributed by atoms with Gasteiger partial charge in [0.05, 0.1) is 6.54 Å². The molecule has 0 spiro atoms. The first kappa shape index (κ1) is 22.2. The maximum Gasteiger partial charge on any atom is 0.191 e. The molecule has 3 N–H and O–H groups in total. The van der Waals surface area contributed by atoms with Crippen LogP contribution in [-0.2, 0) is 19.5 Å². The van der Waals surface area contributed by atoms with Crippen LogP contribution < -0.4 is 10.6 Å². The van der Waals surface area contributed by atoms with E-state index in [9.17, 15) is 4.39 Å². The van der Waals surface area contributed by atoms with E-state index in [1.165, 1.54) is 6.07 Å². The number of nitrogens with one attached hydrogen (secondary N) is 3. The molecule has 2 heterocycles. The number of H-pyrrole nitrogens is 1. The quantitative estimate of drug-likeness (QED) is 0.265. The Hall–Kier alpha value is -2.10. The number of aliphatic imine (C=N–C) groups is 1. The van der Waals surface area contributed by atoms with Crippen molar-refractivity contribution in [3.8, 4) is 0 Å². The first-order chi connectivity index (χ1) is 13.1. The molecule has 6 nitrogen and oxygen atoms in total. The van der Waals surface area contributed by atoms with E-state index in [1.54, 1.807) is 19.2 Å². The van der Waals surface area contributed by atoms with Gasteiger partial charge in [0.25, 0.3) is 0 Å². The molecule has 0 amide bonds.